The molecule has 0 aromatic heterocycles. The molecule has 4 rings (SSSR count). The van der Waals surface area contributed by atoms with Crippen molar-refractivity contribution in [2.24, 2.45) is 0 Å². The van der Waals surface area contributed by atoms with E-state index in [4.69, 9.17) is 0 Å². The molecule has 0 unspecified atom stereocenters. The molecule has 0 aliphatic heterocycles. The average Bonchev–Trinajstić information content (AvgIpc) is 2.71. The van der Waals surface area contributed by atoms with Gasteiger partial charge in [-0.2, -0.15) is 0 Å². The maximum Gasteiger partial charge on any atom is 0.119 e. The fourth-order valence-electron chi connectivity index (χ4n) is 4.55. The lowest BCUT2D eigenvalue weighted by Crippen LogP contribution is -2.22. The predicted octanol–water partition coefficient (Wildman–Crippen LogP) is 4.82. The Morgan fingerprint density at radius 2 is 0.893 bits per heavy atom. The molecule has 0 saturated heterocycles. The first kappa shape index (κ1) is 20.7. The summed E-state index contributed by atoms with van der Waals surface area (Å²) >= 11 is 0. The molecule has 2 aromatic carbocycles. The summed E-state index contributed by atoms with van der Waals surface area (Å²) in [7, 11) is 0. The van der Waals surface area contributed by atoms with Crippen molar-refractivity contribution >= 4 is 0 Å². The number of aliphatic hydroxyl groups is 2. The monoisotopic (exact) mass is 384 g/mol. The number of benzene rings is 2. The van der Waals surface area contributed by atoms with E-state index in [2.05, 4.69) is 0 Å². The van der Waals surface area contributed by atoms with E-state index < -0.39 is 0 Å². The number of aliphatic hydroxyl groups excluding tert-OH is 2. The van der Waals surface area contributed by atoms with Crippen molar-refractivity contribution in [2.45, 2.75) is 75.4 Å². The maximum absolute atomic E-state index is 9.84. The summed E-state index contributed by atoms with van der Waals surface area (Å²) in [4.78, 5) is 0. The van der Waals surface area contributed by atoms with Gasteiger partial charge in [0.15, 0.2) is 0 Å². The SMILES string of the molecule is Oc1ccccc1[C@@H]1CCCC[C@H]1O.Oc1ccccc1[C@@H]1CCCC[C@H]1O. The van der Waals surface area contributed by atoms with Crippen molar-refractivity contribution in [1.82, 2.24) is 0 Å². The van der Waals surface area contributed by atoms with E-state index in [1.165, 1.54) is 0 Å². The van der Waals surface area contributed by atoms with Crippen molar-refractivity contribution in [2.75, 3.05) is 0 Å². The van der Waals surface area contributed by atoms with Gasteiger partial charge in [0.25, 0.3) is 0 Å². The first-order chi connectivity index (χ1) is 13.6. The molecule has 4 atom stereocenters. The number of phenols is 2. The Labute approximate surface area is 167 Å². The van der Waals surface area contributed by atoms with Gasteiger partial charge in [0.1, 0.15) is 11.5 Å². The minimum Gasteiger partial charge on any atom is -0.508 e. The predicted molar refractivity (Wildman–Crippen MR) is 111 cm³/mol. The summed E-state index contributed by atoms with van der Waals surface area (Å²) < 4.78 is 0. The normalized spacial score (nSPS) is 27.5. The zero-order valence-corrected chi connectivity index (χ0v) is 16.4. The summed E-state index contributed by atoms with van der Waals surface area (Å²) in [5.74, 6) is 0.895. The highest BCUT2D eigenvalue weighted by Gasteiger charge is 2.27. The number of hydrogen-bond acceptors (Lipinski definition) is 4. The minimum atomic E-state index is -0.281. The van der Waals surface area contributed by atoms with Crippen LogP contribution in [-0.2, 0) is 0 Å². The van der Waals surface area contributed by atoms with E-state index in [0.717, 1.165) is 62.5 Å². The van der Waals surface area contributed by atoms with Gasteiger partial charge in [0, 0.05) is 11.8 Å². The number of hydrogen-bond donors (Lipinski definition) is 4. The van der Waals surface area contributed by atoms with Crippen LogP contribution in [0.2, 0.25) is 0 Å². The number of para-hydroxylation sites is 2. The third-order valence-electron chi connectivity index (χ3n) is 6.13. The van der Waals surface area contributed by atoms with Gasteiger partial charge in [-0.1, -0.05) is 62.1 Å². The van der Waals surface area contributed by atoms with Gasteiger partial charge in [0.05, 0.1) is 12.2 Å². The standard InChI is InChI=1S/2C12H16O2/c2*13-11-7-3-1-5-9(11)10-6-2-4-8-12(10)14/h2*1,3,5,7,10,12-14H,2,4,6,8H2/t2*10-,12+/m00/s1. The molecule has 0 spiro atoms. The van der Waals surface area contributed by atoms with E-state index in [-0.39, 0.29) is 24.0 Å². The molecule has 28 heavy (non-hydrogen) atoms. The Bertz CT molecular complexity index is 681. The molecule has 4 N–H and O–H groups in total. The lowest BCUT2D eigenvalue weighted by atomic mass is 9.81. The molecule has 0 heterocycles. The molecule has 0 amide bonds. The molecule has 2 saturated carbocycles. The second-order valence-electron chi connectivity index (χ2n) is 8.03. The molecule has 2 aromatic rings. The van der Waals surface area contributed by atoms with Crippen molar-refractivity contribution in [1.29, 1.82) is 0 Å². The summed E-state index contributed by atoms with van der Waals surface area (Å²) in [6, 6.07) is 14.7. The van der Waals surface area contributed by atoms with Crippen LogP contribution in [0, 0.1) is 0 Å². The molecule has 4 heteroatoms. The lowest BCUT2D eigenvalue weighted by Gasteiger charge is -2.28. The Hall–Kier alpha value is -2.04. The van der Waals surface area contributed by atoms with Gasteiger partial charge in [-0.25, -0.2) is 0 Å². The maximum atomic E-state index is 9.84. The van der Waals surface area contributed by atoms with Crippen LogP contribution in [0.5, 0.6) is 11.5 Å². The largest absolute Gasteiger partial charge is 0.508 e. The second-order valence-corrected chi connectivity index (χ2v) is 8.03. The molecule has 0 radical (unpaired) electrons. The highest BCUT2D eigenvalue weighted by Crippen LogP contribution is 2.37. The van der Waals surface area contributed by atoms with Crippen LogP contribution in [0.15, 0.2) is 48.5 Å². The highest BCUT2D eigenvalue weighted by molar-refractivity contribution is 5.36. The molecule has 2 fully saturated rings. The van der Waals surface area contributed by atoms with E-state index in [9.17, 15) is 20.4 Å². The highest BCUT2D eigenvalue weighted by atomic mass is 16.3. The van der Waals surface area contributed by atoms with Crippen LogP contribution >= 0.6 is 0 Å². The molecular formula is C24H32O4. The second kappa shape index (κ2) is 9.94. The Morgan fingerprint density at radius 1 is 0.536 bits per heavy atom. The van der Waals surface area contributed by atoms with Crippen molar-refractivity contribution in [3.05, 3.63) is 59.7 Å². The van der Waals surface area contributed by atoms with Crippen molar-refractivity contribution in [3.8, 4) is 11.5 Å². The van der Waals surface area contributed by atoms with E-state index >= 15 is 0 Å². The summed E-state index contributed by atoms with van der Waals surface area (Å²) in [5, 5.41) is 39.0. The van der Waals surface area contributed by atoms with Crippen LogP contribution in [0.1, 0.15) is 74.3 Å². The molecule has 4 nitrogen and oxygen atoms in total. The molecule has 2 aliphatic carbocycles. The van der Waals surface area contributed by atoms with Gasteiger partial charge >= 0.3 is 0 Å². The first-order valence-electron chi connectivity index (χ1n) is 10.5. The van der Waals surface area contributed by atoms with Gasteiger partial charge in [-0.15, -0.1) is 0 Å². The summed E-state index contributed by atoms with van der Waals surface area (Å²) in [5.41, 5.74) is 1.81. The van der Waals surface area contributed by atoms with Crippen LogP contribution in [0.25, 0.3) is 0 Å². The van der Waals surface area contributed by atoms with E-state index in [0.29, 0.717) is 11.5 Å². The third kappa shape index (κ3) is 5.06. The smallest absolute Gasteiger partial charge is 0.119 e. The fraction of sp³-hybridized carbons (Fsp3) is 0.500. The summed E-state index contributed by atoms with van der Waals surface area (Å²) in [6.07, 6.45) is 7.63. The Morgan fingerprint density at radius 3 is 1.25 bits per heavy atom. The Balaban J connectivity index is 0.000000161. The molecular weight excluding hydrogens is 352 g/mol. The topological polar surface area (TPSA) is 80.9 Å². The minimum absolute atomic E-state index is 0.130. The number of phenolic OH excluding ortho intramolecular Hbond substituents is 2. The van der Waals surface area contributed by atoms with Crippen molar-refractivity contribution < 1.29 is 20.4 Å². The fourth-order valence-corrected chi connectivity index (χ4v) is 4.55. The Kier molecular flexibility index (Phi) is 7.35. The van der Waals surface area contributed by atoms with Crippen LogP contribution in [0.3, 0.4) is 0 Å². The molecule has 152 valence electrons. The first-order valence-corrected chi connectivity index (χ1v) is 10.5. The number of aromatic hydroxyl groups is 2. The van der Waals surface area contributed by atoms with Crippen LogP contribution in [0.4, 0.5) is 0 Å². The van der Waals surface area contributed by atoms with Gasteiger partial charge < -0.3 is 20.4 Å². The third-order valence-corrected chi connectivity index (χ3v) is 6.13. The van der Waals surface area contributed by atoms with Crippen LogP contribution in [-0.4, -0.2) is 32.6 Å². The number of rotatable bonds is 2. The van der Waals surface area contributed by atoms with E-state index in [1.54, 1.807) is 12.1 Å². The van der Waals surface area contributed by atoms with Crippen LogP contribution < -0.4 is 0 Å². The zero-order chi connectivity index (χ0) is 19.9. The average molecular weight is 385 g/mol. The molecule has 0 bridgehead atoms. The molecule has 2 aliphatic rings. The quantitative estimate of drug-likeness (QED) is 0.598. The van der Waals surface area contributed by atoms with Gasteiger partial charge in [-0.3, -0.25) is 0 Å². The van der Waals surface area contributed by atoms with Gasteiger partial charge in [-0.05, 0) is 48.9 Å². The van der Waals surface area contributed by atoms with Crippen molar-refractivity contribution in [3.63, 3.8) is 0 Å². The lowest BCUT2D eigenvalue weighted by molar-refractivity contribution is 0.105. The van der Waals surface area contributed by atoms with Gasteiger partial charge in [0.2, 0.25) is 0 Å². The summed E-state index contributed by atoms with van der Waals surface area (Å²) in [6.45, 7) is 0. The van der Waals surface area contributed by atoms with E-state index in [1.807, 2.05) is 36.4 Å². The zero-order valence-electron chi connectivity index (χ0n) is 16.4.